The second-order valence-electron chi connectivity index (χ2n) is 7.45. The maximum atomic E-state index is 13.5. The Morgan fingerprint density at radius 3 is 2.63 bits per heavy atom. The van der Waals surface area contributed by atoms with E-state index >= 15 is 0 Å². The molecular weight excluding hydrogens is 347 g/mol. The Morgan fingerprint density at radius 1 is 1.37 bits per heavy atom. The van der Waals surface area contributed by atoms with Crippen LogP contribution in [0.3, 0.4) is 0 Å². The summed E-state index contributed by atoms with van der Waals surface area (Å²) in [7, 11) is 0. The van der Waals surface area contributed by atoms with E-state index in [1.165, 1.54) is 4.90 Å². The van der Waals surface area contributed by atoms with Crippen LogP contribution in [0.15, 0.2) is 30.3 Å². The highest BCUT2D eigenvalue weighted by molar-refractivity contribution is 5.94. The number of amides is 2. The van der Waals surface area contributed by atoms with Crippen LogP contribution < -0.4 is 5.32 Å². The van der Waals surface area contributed by atoms with Gasteiger partial charge < -0.3 is 15.1 Å². The van der Waals surface area contributed by atoms with Gasteiger partial charge in [0.15, 0.2) is 0 Å². The molecule has 1 aromatic rings. The zero-order valence-corrected chi connectivity index (χ0v) is 16.1. The number of likely N-dealkylation sites (N-methyl/N-ethyl adjacent to an activating group) is 1. The Balaban J connectivity index is 1.94. The Labute approximate surface area is 159 Å². The average molecular weight is 374 g/mol. The summed E-state index contributed by atoms with van der Waals surface area (Å²) in [6, 6.07) is 10.3. The second-order valence-corrected chi connectivity index (χ2v) is 7.45. The number of hydrogen-bond donors (Lipinski definition) is 1. The van der Waals surface area contributed by atoms with Crippen molar-refractivity contribution in [2.75, 3.05) is 26.2 Å². The molecule has 0 bridgehead atoms. The standard InChI is InChI=1S/C20H27FN4O2/c1-4-24(19(27)15-8-6-5-7-9-15)14-20(2,3)23-12-18(26)25-13-16(21)10-17(25)11-22/h5-9,16-17,23H,4,10,12-14H2,1-3H3/t16-,17?/m0/s1. The van der Waals surface area contributed by atoms with E-state index in [1.807, 2.05) is 45.0 Å². The molecule has 1 unspecified atom stereocenters. The summed E-state index contributed by atoms with van der Waals surface area (Å²) in [6.45, 7) is 6.64. The van der Waals surface area contributed by atoms with Crippen molar-refractivity contribution in [3.63, 3.8) is 0 Å². The molecular formula is C20H27FN4O2. The molecule has 0 spiro atoms. The maximum Gasteiger partial charge on any atom is 0.253 e. The Bertz CT molecular complexity index is 702. The van der Waals surface area contributed by atoms with Crippen molar-refractivity contribution in [3.8, 4) is 6.07 Å². The largest absolute Gasteiger partial charge is 0.337 e. The minimum absolute atomic E-state index is 0.00498. The van der Waals surface area contributed by atoms with Crippen molar-refractivity contribution in [2.24, 2.45) is 0 Å². The lowest BCUT2D eigenvalue weighted by Crippen LogP contribution is -2.54. The number of carbonyl (C=O) groups is 2. The van der Waals surface area contributed by atoms with Crippen LogP contribution in [0.4, 0.5) is 4.39 Å². The summed E-state index contributed by atoms with van der Waals surface area (Å²) < 4.78 is 13.5. The summed E-state index contributed by atoms with van der Waals surface area (Å²) in [5.41, 5.74) is 0.0988. The van der Waals surface area contributed by atoms with E-state index < -0.39 is 17.8 Å². The van der Waals surface area contributed by atoms with Crippen LogP contribution >= 0.6 is 0 Å². The molecule has 0 saturated carbocycles. The fraction of sp³-hybridized carbons (Fsp3) is 0.550. The molecule has 0 aromatic heterocycles. The van der Waals surface area contributed by atoms with Gasteiger partial charge >= 0.3 is 0 Å². The van der Waals surface area contributed by atoms with Crippen LogP contribution in [0, 0.1) is 11.3 Å². The highest BCUT2D eigenvalue weighted by Crippen LogP contribution is 2.20. The number of hydrogen-bond acceptors (Lipinski definition) is 4. The van der Waals surface area contributed by atoms with E-state index in [9.17, 15) is 14.0 Å². The molecule has 6 nitrogen and oxygen atoms in total. The SMILES string of the molecule is CCN(CC(C)(C)NCC(=O)N1C[C@@H](F)CC1C#N)C(=O)c1ccccc1. The zero-order valence-electron chi connectivity index (χ0n) is 16.1. The normalized spacial score (nSPS) is 19.6. The van der Waals surface area contributed by atoms with Gasteiger partial charge in [-0.05, 0) is 32.9 Å². The predicted octanol–water partition coefficient (Wildman–Crippen LogP) is 1.98. The van der Waals surface area contributed by atoms with Gasteiger partial charge in [0.05, 0.1) is 19.2 Å². The first-order valence-corrected chi connectivity index (χ1v) is 9.20. The van der Waals surface area contributed by atoms with Gasteiger partial charge in [-0.3, -0.25) is 9.59 Å². The molecule has 2 rings (SSSR count). The average Bonchev–Trinajstić information content (AvgIpc) is 3.05. The molecule has 2 atom stereocenters. The molecule has 2 amide bonds. The lowest BCUT2D eigenvalue weighted by Gasteiger charge is -2.33. The van der Waals surface area contributed by atoms with Gasteiger partial charge in [-0.2, -0.15) is 5.26 Å². The van der Waals surface area contributed by atoms with Crippen molar-refractivity contribution < 1.29 is 14.0 Å². The lowest BCUT2D eigenvalue weighted by molar-refractivity contribution is -0.130. The molecule has 7 heteroatoms. The number of nitrogens with one attached hydrogen (secondary N) is 1. The van der Waals surface area contributed by atoms with E-state index in [0.29, 0.717) is 18.7 Å². The van der Waals surface area contributed by atoms with Crippen LogP contribution in [0.5, 0.6) is 0 Å². The molecule has 0 aliphatic carbocycles. The quantitative estimate of drug-likeness (QED) is 0.792. The molecule has 1 fully saturated rings. The highest BCUT2D eigenvalue weighted by atomic mass is 19.1. The van der Waals surface area contributed by atoms with Crippen LogP contribution in [0.2, 0.25) is 0 Å². The molecule has 0 radical (unpaired) electrons. The van der Waals surface area contributed by atoms with Crippen LogP contribution in [0.25, 0.3) is 0 Å². The van der Waals surface area contributed by atoms with Gasteiger partial charge in [0, 0.05) is 30.6 Å². The van der Waals surface area contributed by atoms with Crippen LogP contribution in [-0.2, 0) is 4.79 Å². The molecule has 1 heterocycles. The first-order valence-electron chi connectivity index (χ1n) is 9.20. The lowest BCUT2D eigenvalue weighted by atomic mass is 10.0. The van der Waals surface area contributed by atoms with Crippen molar-refractivity contribution in [2.45, 2.75) is 44.9 Å². The van der Waals surface area contributed by atoms with Gasteiger partial charge in [0.25, 0.3) is 5.91 Å². The number of rotatable bonds is 7. The molecule has 1 N–H and O–H groups in total. The van der Waals surface area contributed by atoms with Crippen molar-refractivity contribution in [1.82, 2.24) is 15.1 Å². The van der Waals surface area contributed by atoms with Crippen molar-refractivity contribution in [1.29, 1.82) is 5.26 Å². The third-order valence-electron chi connectivity index (χ3n) is 4.71. The van der Waals surface area contributed by atoms with Gasteiger partial charge in [-0.25, -0.2) is 4.39 Å². The fourth-order valence-electron chi connectivity index (χ4n) is 3.22. The first kappa shape index (κ1) is 20.8. The minimum Gasteiger partial charge on any atom is -0.337 e. The predicted molar refractivity (Wildman–Crippen MR) is 101 cm³/mol. The minimum atomic E-state index is -1.15. The molecule has 1 aliphatic rings. The fourth-order valence-corrected chi connectivity index (χ4v) is 3.22. The Morgan fingerprint density at radius 2 is 2.04 bits per heavy atom. The molecule has 146 valence electrons. The Kier molecular flexibility index (Phi) is 6.92. The van der Waals surface area contributed by atoms with E-state index in [4.69, 9.17) is 5.26 Å². The third-order valence-corrected chi connectivity index (χ3v) is 4.71. The molecule has 27 heavy (non-hydrogen) atoms. The monoisotopic (exact) mass is 374 g/mol. The topological polar surface area (TPSA) is 76.4 Å². The van der Waals surface area contributed by atoms with E-state index in [-0.39, 0.29) is 31.3 Å². The van der Waals surface area contributed by atoms with Gasteiger partial charge in [-0.1, -0.05) is 18.2 Å². The summed E-state index contributed by atoms with van der Waals surface area (Å²) in [5.74, 6) is -0.365. The van der Waals surface area contributed by atoms with Crippen molar-refractivity contribution >= 4 is 11.8 Å². The Hall–Kier alpha value is -2.46. The van der Waals surface area contributed by atoms with Gasteiger partial charge in [0.1, 0.15) is 12.2 Å². The van der Waals surface area contributed by atoms with Crippen LogP contribution in [0.1, 0.15) is 37.6 Å². The van der Waals surface area contributed by atoms with Crippen molar-refractivity contribution in [3.05, 3.63) is 35.9 Å². The van der Waals surface area contributed by atoms with Gasteiger partial charge in [-0.15, -0.1) is 0 Å². The number of nitrogens with zero attached hydrogens (tertiary/aromatic N) is 3. The molecule has 1 aromatic carbocycles. The third kappa shape index (κ3) is 5.51. The number of nitriles is 1. The summed E-state index contributed by atoms with van der Waals surface area (Å²) in [5, 5.41) is 12.2. The smallest absolute Gasteiger partial charge is 0.253 e. The number of carbonyl (C=O) groups excluding carboxylic acids is 2. The first-order chi connectivity index (χ1) is 12.8. The summed E-state index contributed by atoms with van der Waals surface area (Å²) >= 11 is 0. The summed E-state index contributed by atoms with van der Waals surface area (Å²) in [4.78, 5) is 28.1. The number of alkyl halides is 1. The second kappa shape index (κ2) is 8.96. The summed E-state index contributed by atoms with van der Waals surface area (Å²) in [6.07, 6.45) is -1.08. The number of benzene rings is 1. The molecule has 1 saturated heterocycles. The van der Waals surface area contributed by atoms with Gasteiger partial charge in [0.2, 0.25) is 5.91 Å². The maximum absolute atomic E-state index is 13.5. The number of halogens is 1. The highest BCUT2D eigenvalue weighted by Gasteiger charge is 2.36. The van der Waals surface area contributed by atoms with Crippen LogP contribution in [-0.4, -0.2) is 65.5 Å². The van der Waals surface area contributed by atoms with E-state index in [0.717, 1.165) is 0 Å². The number of likely N-dealkylation sites (tertiary alicyclic amines) is 1. The zero-order chi connectivity index (χ0) is 20.0. The van der Waals surface area contributed by atoms with E-state index in [2.05, 4.69) is 5.32 Å². The molecule has 1 aliphatic heterocycles. The van der Waals surface area contributed by atoms with E-state index in [1.54, 1.807) is 17.0 Å².